The van der Waals surface area contributed by atoms with Crippen LogP contribution in [0.4, 0.5) is 0 Å². The molecule has 0 amide bonds. The van der Waals surface area contributed by atoms with Gasteiger partial charge in [0.15, 0.2) is 0 Å². The summed E-state index contributed by atoms with van der Waals surface area (Å²) in [5, 5.41) is 0. The number of hydrogen-bond donors (Lipinski definition) is 0. The lowest BCUT2D eigenvalue weighted by Gasteiger charge is -2.27. The minimum Gasteiger partial charge on any atom is -0.426 e. The minimum atomic E-state index is -0.384. The van der Waals surface area contributed by atoms with E-state index in [4.69, 9.17) is 9.47 Å². The second-order valence-corrected chi connectivity index (χ2v) is 11.3. The highest BCUT2D eigenvalue weighted by Gasteiger charge is 2.27. The lowest BCUT2D eigenvalue weighted by molar-refractivity contribution is -0.140. The first-order valence-corrected chi connectivity index (χ1v) is 15.1. The summed E-state index contributed by atoms with van der Waals surface area (Å²) in [7, 11) is 0. The van der Waals surface area contributed by atoms with E-state index in [1.165, 1.54) is 63.4 Å². The number of esters is 2. The molecular formula is C34H48O4. The first-order valence-electron chi connectivity index (χ1n) is 15.1. The molecule has 2 aromatic carbocycles. The Morgan fingerprint density at radius 2 is 1.45 bits per heavy atom. The molecule has 2 aromatic rings. The lowest BCUT2D eigenvalue weighted by atomic mass is 9.80. The van der Waals surface area contributed by atoms with E-state index in [-0.39, 0.29) is 17.9 Å². The topological polar surface area (TPSA) is 52.6 Å². The first-order chi connectivity index (χ1) is 18.5. The van der Waals surface area contributed by atoms with Gasteiger partial charge in [-0.15, -0.1) is 0 Å². The van der Waals surface area contributed by atoms with Gasteiger partial charge in [-0.05, 0) is 92.3 Å². The summed E-state index contributed by atoms with van der Waals surface area (Å²) in [6, 6.07) is 14.5. The van der Waals surface area contributed by atoms with E-state index in [1.54, 1.807) is 24.3 Å². The van der Waals surface area contributed by atoms with E-state index in [2.05, 4.69) is 20.8 Å². The van der Waals surface area contributed by atoms with E-state index < -0.39 is 0 Å². The van der Waals surface area contributed by atoms with Crippen molar-refractivity contribution in [3.8, 4) is 11.5 Å². The molecule has 0 aromatic heterocycles. The average molecular weight is 521 g/mol. The predicted molar refractivity (Wildman–Crippen MR) is 155 cm³/mol. The molecule has 3 rings (SSSR count). The van der Waals surface area contributed by atoms with Crippen LogP contribution in [-0.4, -0.2) is 11.9 Å². The fourth-order valence-corrected chi connectivity index (χ4v) is 5.32. The van der Waals surface area contributed by atoms with Crippen molar-refractivity contribution >= 4 is 11.9 Å². The van der Waals surface area contributed by atoms with Gasteiger partial charge in [-0.25, -0.2) is 4.79 Å². The summed E-state index contributed by atoms with van der Waals surface area (Å²) in [5.41, 5.74) is 1.78. The van der Waals surface area contributed by atoms with E-state index in [0.29, 0.717) is 17.1 Å². The van der Waals surface area contributed by atoms with Gasteiger partial charge in [-0.2, -0.15) is 0 Å². The number of carbonyl (C=O) groups excluding carboxylic acids is 2. The summed E-state index contributed by atoms with van der Waals surface area (Å²) in [6.07, 6.45) is 16.6. The van der Waals surface area contributed by atoms with Crippen LogP contribution < -0.4 is 9.47 Å². The number of carbonyl (C=O) groups is 2. The van der Waals surface area contributed by atoms with Gasteiger partial charge in [0.2, 0.25) is 0 Å². The van der Waals surface area contributed by atoms with Crippen LogP contribution in [-0.2, 0) is 11.2 Å². The zero-order chi connectivity index (χ0) is 27.2. The number of aryl methyl sites for hydroxylation is 1. The van der Waals surface area contributed by atoms with Gasteiger partial charge >= 0.3 is 11.9 Å². The van der Waals surface area contributed by atoms with Crippen molar-refractivity contribution in [2.75, 3.05) is 0 Å². The Hall–Kier alpha value is -2.62. The Morgan fingerprint density at radius 1 is 0.789 bits per heavy atom. The van der Waals surface area contributed by atoms with Crippen LogP contribution in [0.5, 0.6) is 11.5 Å². The average Bonchev–Trinajstić information content (AvgIpc) is 2.94. The molecule has 1 aliphatic carbocycles. The third kappa shape index (κ3) is 10.3. The summed E-state index contributed by atoms with van der Waals surface area (Å²) < 4.78 is 11.2. The van der Waals surface area contributed by atoms with Crippen molar-refractivity contribution in [2.45, 2.75) is 111 Å². The maximum Gasteiger partial charge on any atom is 0.343 e. The van der Waals surface area contributed by atoms with Gasteiger partial charge in [0, 0.05) is 0 Å². The van der Waals surface area contributed by atoms with Crippen LogP contribution in [0.15, 0.2) is 48.5 Å². The molecule has 1 fully saturated rings. The van der Waals surface area contributed by atoms with Crippen LogP contribution in [0.25, 0.3) is 0 Å². The van der Waals surface area contributed by atoms with Crippen LogP contribution in [0, 0.1) is 17.8 Å². The number of ether oxygens (including phenoxy) is 2. The third-order valence-electron chi connectivity index (χ3n) is 8.20. The van der Waals surface area contributed by atoms with E-state index >= 15 is 0 Å². The molecule has 4 heteroatoms. The van der Waals surface area contributed by atoms with Crippen molar-refractivity contribution in [2.24, 2.45) is 17.8 Å². The fourth-order valence-electron chi connectivity index (χ4n) is 5.32. The Labute approximate surface area is 230 Å². The molecule has 0 radical (unpaired) electrons. The quantitative estimate of drug-likeness (QED) is 0.133. The van der Waals surface area contributed by atoms with Gasteiger partial charge in [0.1, 0.15) is 11.5 Å². The number of unbranched alkanes of at least 4 members (excludes halogenated alkanes) is 4. The van der Waals surface area contributed by atoms with Crippen LogP contribution in [0.3, 0.4) is 0 Å². The highest BCUT2D eigenvalue weighted by atomic mass is 16.5. The molecule has 1 atom stereocenters. The van der Waals surface area contributed by atoms with Crippen LogP contribution in [0.1, 0.15) is 120 Å². The Morgan fingerprint density at radius 3 is 2.08 bits per heavy atom. The number of hydrogen-bond acceptors (Lipinski definition) is 4. The number of rotatable bonds is 15. The Kier molecular flexibility index (Phi) is 12.9. The van der Waals surface area contributed by atoms with Crippen molar-refractivity contribution in [1.82, 2.24) is 0 Å². The molecule has 0 aliphatic heterocycles. The standard InChI is InChI=1S/C34H48O4/c1-4-6-8-12-27-14-18-29(19-15-27)33(35)37-31-22-24-32(25-23-31)38-34(36)30-20-16-28(17-21-30)13-10-7-9-11-26(3)5-2/h16-17,20-27,29H,4-15,18-19H2,1-3H3/t26-,27?,29?/m0/s1. The zero-order valence-electron chi connectivity index (χ0n) is 23.9. The van der Waals surface area contributed by atoms with E-state index in [1.807, 2.05) is 24.3 Å². The Bertz CT molecular complexity index is 955. The van der Waals surface area contributed by atoms with Gasteiger partial charge in [0.25, 0.3) is 0 Å². The molecule has 38 heavy (non-hydrogen) atoms. The summed E-state index contributed by atoms with van der Waals surface area (Å²) >= 11 is 0. The molecular weight excluding hydrogens is 472 g/mol. The highest BCUT2D eigenvalue weighted by molar-refractivity contribution is 5.91. The summed E-state index contributed by atoms with van der Waals surface area (Å²) in [4.78, 5) is 25.2. The Balaban J connectivity index is 1.38. The second kappa shape index (κ2) is 16.4. The minimum absolute atomic E-state index is 0.0114. The lowest BCUT2D eigenvalue weighted by Crippen LogP contribution is -2.25. The molecule has 0 bridgehead atoms. The van der Waals surface area contributed by atoms with Crippen molar-refractivity contribution in [3.05, 3.63) is 59.7 Å². The monoisotopic (exact) mass is 520 g/mol. The molecule has 0 spiro atoms. The SMILES string of the molecule is CCCCCC1CCC(C(=O)Oc2ccc(OC(=O)c3ccc(CCCCC[C@@H](C)CC)cc3)cc2)CC1. The fraction of sp³-hybridized carbons (Fsp3) is 0.588. The van der Waals surface area contributed by atoms with Crippen LogP contribution >= 0.6 is 0 Å². The maximum absolute atomic E-state index is 12.6. The smallest absolute Gasteiger partial charge is 0.343 e. The van der Waals surface area contributed by atoms with Crippen molar-refractivity contribution in [1.29, 1.82) is 0 Å². The van der Waals surface area contributed by atoms with Crippen molar-refractivity contribution < 1.29 is 19.1 Å². The van der Waals surface area contributed by atoms with E-state index in [0.717, 1.165) is 43.9 Å². The first kappa shape index (κ1) is 29.9. The molecule has 0 saturated heterocycles. The zero-order valence-corrected chi connectivity index (χ0v) is 23.9. The largest absolute Gasteiger partial charge is 0.426 e. The molecule has 4 nitrogen and oxygen atoms in total. The number of benzene rings is 2. The predicted octanol–water partition coefficient (Wildman–Crippen LogP) is 9.35. The summed E-state index contributed by atoms with van der Waals surface area (Å²) in [5.74, 6) is 1.98. The highest BCUT2D eigenvalue weighted by Crippen LogP contribution is 2.33. The van der Waals surface area contributed by atoms with Crippen LogP contribution in [0.2, 0.25) is 0 Å². The molecule has 0 unspecified atom stereocenters. The van der Waals surface area contributed by atoms with Gasteiger partial charge in [0.05, 0.1) is 11.5 Å². The third-order valence-corrected chi connectivity index (χ3v) is 8.20. The molecule has 1 aliphatic rings. The molecule has 0 N–H and O–H groups in total. The van der Waals surface area contributed by atoms with E-state index in [9.17, 15) is 9.59 Å². The van der Waals surface area contributed by atoms with Gasteiger partial charge < -0.3 is 9.47 Å². The maximum atomic E-state index is 12.6. The molecule has 0 heterocycles. The van der Waals surface area contributed by atoms with Gasteiger partial charge in [-0.1, -0.05) is 84.3 Å². The normalized spacial score (nSPS) is 18.1. The van der Waals surface area contributed by atoms with Crippen molar-refractivity contribution in [3.63, 3.8) is 0 Å². The summed E-state index contributed by atoms with van der Waals surface area (Å²) in [6.45, 7) is 6.81. The molecule has 208 valence electrons. The second-order valence-electron chi connectivity index (χ2n) is 11.3. The van der Waals surface area contributed by atoms with Gasteiger partial charge in [-0.3, -0.25) is 4.79 Å². The molecule has 1 saturated carbocycles.